The van der Waals surface area contributed by atoms with Crippen LogP contribution in [0.5, 0.6) is 5.75 Å². The van der Waals surface area contributed by atoms with Gasteiger partial charge < -0.3 is 15.2 Å². The smallest absolute Gasteiger partial charge is 0.335 e. The highest BCUT2D eigenvalue weighted by Gasteiger charge is 2.13. The fourth-order valence-electron chi connectivity index (χ4n) is 3.00. The fraction of sp³-hybridized carbons (Fsp3) is 0.167. The highest BCUT2D eigenvalue weighted by Crippen LogP contribution is 2.28. The molecule has 0 radical (unpaired) electrons. The molecule has 1 amide bonds. The Bertz CT molecular complexity index is 1060. The van der Waals surface area contributed by atoms with Gasteiger partial charge in [-0.1, -0.05) is 48.9 Å². The molecule has 0 heterocycles. The van der Waals surface area contributed by atoms with Gasteiger partial charge in [-0.3, -0.25) is 4.79 Å². The second kappa shape index (κ2) is 9.94. The van der Waals surface area contributed by atoms with Gasteiger partial charge in [0.25, 0.3) is 5.91 Å². The number of ether oxygens (including phenoxy) is 1. The van der Waals surface area contributed by atoms with Crippen molar-refractivity contribution in [2.75, 3.05) is 6.61 Å². The van der Waals surface area contributed by atoms with Crippen molar-refractivity contribution < 1.29 is 19.4 Å². The van der Waals surface area contributed by atoms with Crippen LogP contribution in [0.15, 0.2) is 66.7 Å². The zero-order valence-electron chi connectivity index (χ0n) is 16.5. The number of aromatic carboxylic acids is 1. The zero-order valence-corrected chi connectivity index (χ0v) is 17.3. The zero-order chi connectivity index (χ0) is 21.5. The summed E-state index contributed by atoms with van der Waals surface area (Å²) < 4.78 is 5.83. The van der Waals surface area contributed by atoms with Gasteiger partial charge in [-0.15, -0.1) is 0 Å². The molecule has 0 aliphatic carbocycles. The van der Waals surface area contributed by atoms with E-state index >= 15 is 0 Å². The quantitative estimate of drug-likeness (QED) is 0.507. The lowest BCUT2D eigenvalue weighted by molar-refractivity contribution is 0.0696. The molecule has 0 atom stereocenters. The molecule has 0 aromatic heterocycles. The number of hydrogen-bond donors (Lipinski definition) is 2. The van der Waals surface area contributed by atoms with Crippen molar-refractivity contribution in [3.63, 3.8) is 0 Å². The van der Waals surface area contributed by atoms with E-state index in [0.717, 1.165) is 23.1 Å². The largest absolute Gasteiger partial charge is 0.493 e. The predicted molar refractivity (Wildman–Crippen MR) is 117 cm³/mol. The summed E-state index contributed by atoms with van der Waals surface area (Å²) in [5.41, 5.74) is 3.02. The maximum absolute atomic E-state index is 12.5. The van der Waals surface area contributed by atoms with Gasteiger partial charge in [-0.25, -0.2) is 4.79 Å². The van der Waals surface area contributed by atoms with E-state index in [4.69, 9.17) is 16.3 Å². The maximum atomic E-state index is 12.5. The fourth-order valence-corrected chi connectivity index (χ4v) is 3.22. The van der Waals surface area contributed by atoms with Gasteiger partial charge in [-0.05, 0) is 53.9 Å². The third kappa shape index (κ3) is 5.19. The van der Waals surface area contributed by atoms with Crippen LogP contribution in [0.3, 0.4) is 0 Å². The Morgan fingerprint density at radius 3 is 2.50 bits per heavy atom. The Kier molecular flexibility index (Phi) is 7.09. The first-order valence-corrected chi connectivity index (χ1v) is 9.99. The summed E-state index contributed by atoms with van der Waals surface area (Å²) in [7, 11) is 0. The van der Waals surface area contributed by atoms with Gasteiger partial charge in [0, 0.05) is 12.1 Å². The highest BCUT2D eigenvalue weighted by molar-refractivity contribution is 6.33. The lowest BCUT2D eigenvalue weighted by Crippen LogP contribution is -2.23. The molecule has 0 spiro atoms. The molecular formula is C24H22ClNO4. The molecule has 3 rings (SSSR count). The molecule has 0 bridgehead atoms. The molecule has 3 aromatic carbocycles. The summed E-state index contributed by atoms with van der Waals surface area (Å²) in [4.78, 5) is 23.8. The van der Waals surface area contributed by atoms with Gasteiger partial charge >= 0.3 is 5.97 Å². The third-order valence-electron chi connectivity index (χ3n) is 4.52. The third-order valence-corrected chi connectivity index (χ3v) is 4.85. The number of rotatable bonds is 8. The van der Waals surface area contributed by atoms with Crippen LogP contribution < -0.4 is 10.1 Å². The molecule has 154 valence electrons. The predicted octanol–water partition coefficient (Wildman–Crippen LogP) is 5.42. The molecule has 0 saturated carbocycles. The summed E-state index contributed by atoms with van der Waals surface area (Å²) in [6.07, 6.45) is 0.855. The summed E-state index contributed by atoms with van der Waals surface area (Å²) in [5, 5.41) is 12.5. The molecule has 0 aliphatic heterocycles. The Labute approximate surface area is 180 Å². The SMILES string of the molecule is CCCOc1ccc(-c2cccc(C(=O)O)c2)cc1CNC(=O)c1ccccc1Cl. The number of carboxylic acid groups (broad SMARTS) is 1. The Balaban J connectivity index is 1.88. The summed E-state index contributed by atoms with van der Waals surface area (Å²) in [6, 6.07) is 19.2. The van der Waals surface area contributed by atoms with Crippen molar-refractivity contribution in [2.24, 2.45) is 0 Å². The minimum Gasteiger partial charge on any atom is -0.493 e. The topological polar surface area (TPSA) is 75.6 Å². The van der Waals surface area contributed by atoms with Crippen LogP contribution in [0.2, 0.25) is 5.02 Å². The second-order valence-electron chi connectivity index (χ2n) is 6.72. The van der Waals surface area contributed by atoms with Gasteiger partial charge in [0.2, 0.25) is 0 Å². The number of carboxylic acids is 1. The van der Waals surface area contributed by atoms with Crippen LogP contribution in [-0.2, 0) is 6.54 Å². The van der Waals surface area contributed by atoms with Gasteiger partial charge in [0.1, 0.15) is 5.75 Å². The number of amides is 1. The standard InChI is InChI=1S/C24H22ClNO4/c1-2-12-30-22-11-10-17(16-6-5-7-18(13-16)24(28)29)14-19(22)15-26-23(27)20-8-3-4-9-21(20)25/h3-11,13-14H,2,12,15H2,1H3,(H,26,27)(H,28,29). The number of carbonyl (C=O) groups is 2. The molecule has 2 N–H and O–H groups in total. The average molecular weight is 424 g/mol. The van der Waals surface area contributed by atoms with E-state index in [2.05, 4.69) is 5.32 Å². The Morgan fingerprint density at radius 1 is 1.00 bits per heavy atom. The normalized spacial score (nSPS) is 10.5. The second-order valence-corrected chi connectivity index (χ2v) is 7.13. The van der Waals surface area contributed by atoms with E-state index in [9.17, 15) is 14.7 Å². The van der Waals surface area contributed by atoms with Gasteiger partial charge in [0.05, 0.1) is 22.8 Å². The molecular weight excluding hydrogens is 402 g/mol. The summed E-state index contributed by atoms with van der Waals surface area (Å²) >= 11 is 6.11. The number of carbonyl (C=O) groups excluding carboxylic acids is 1. The van der Waals surface area contributed by atoms with Gasteiger partial charge in [-0.2, -0.15) is 0 Å². The van der Waals surface area contributed by atoms with Crippen LogP contribution in [0.1, 0.15) is 39.6 Å². The van der Waals surface area contributed by atoms with Crippen LogP contribution in [-0.4, -0.2) is 23.6 Å². The summed E-state index contributed by atoms with van der Waals surface area (Å²) in [5.74, 6) is -0.582. The molecule has 0 unspecified atom stereocenters. The molecule has 30 heavy (non-hydrogen) atoms. The van der Waals surface area contributed by atoms with Gasteiger partial charge in [0.15, 0.2) is 0 Å². The first-order chi connectivity index (χ1) is 14.5. The maximum Gasteiger partial charge on any atom is 0.335 e. The number of halogens is 1. The first-order valence-electron chi connectivity index (χ1n) is 9.61. The summed E-state index contributed by atoms with van der Waals surface area (Å²) in [6.45, 7) is 2.82. The van der Waals surface area contributed by atoms with E-state index in [-0.39, 0.29) is 18.0 Å². The first kappa shape index (κ1) is 21.4. The van der Waals surface area contributed by atoms with E-state index in [1.54, 1.807) is 42.5 Å². The highest BCUT2D eigenvalue weighted by atomic mass is 35.5. The van der Waals surface area contributed by atoms with Crippen molar-refractivity contribution in [2.45, 2.75) is 19.9 Å². The minimum absolute atomic E-state index is 0.215. The van der Waals surface area contributed by atoms with Crippen molar-refractivity contribution in [3.8, 4) is 16.9 Å². The molecule has 0 saturated heterocycles. The lowest BCUT2D eigenvalue weighted by atomic mass is 10.0. The lowest BCUT2D eigenvalue weighted by Gasteiger charge is -2.14. The molecule has 0 aliphatic rings. The van der Waals surface area contributed by atoms with Crippen molar-refractivity contribution in [1.82, 2.24) is 5.32 Å². The Morgan fingerprint density at radius 2 is 1.77 bits per heavy atom. The van der Waals surface area contributed by atoms with Crippen LogP contribution in [0, 0.1) is 0 Å². The Hall–Kier alpha value is -3.31. The number of benzene rings is 3. The van der Waals surface area contributed by atoms with Crippen LogP contribution >= 0.6 is 11.6 Å². The molecule has 3 aromatic rings. The number of nitrogens with one attached hydrogen (secondary N) is 1. The number of hydrogen-bond acceptors (Lipinski definition) is 3. The van der Waals surface area contributed by atoms with E-state index in [1.165, 1.54) is 0 Å². The van der Waals surface area contributed by atoms with Crippen molar-refractivity contribution in [1.29, 1.82) is 0 Å². The van der Waals surface area contributed by atoms with E-state index < -0.39 is 5.97 Å². The monoisotopic (exact) mass is 423 g/mol. The van der Waals surface area contributed by atoms with E-state index in [1.807, 2.05) is 31.2 Å². The average Bonchev–Trinajstić information content (AvgIpc) is 2.76. The van der Waals surface area contributed by atoms with Crippen molar-refractivity contribution in [3.05, 3.63) is 88.4 Å². The minimum atomic E-state index is -0.980. The molecule has 5 nitrogen and oxygen atoms in total. The van der Waals surface area contributed by atoms with Crippen LogP contribution in [0.4, 0.5) is 0 Å². The van der Waals surface area contributed by atoms with E-state index in [0.29, 0.717) is 22.9 Å². The van der Waals surface area contributed by atoms with Crippen molar-refractivity contribution >= 4 is 23.5 Å². The van der Waals surface area contributed by atoms with Crippen LogP contribution in [0.25, 0.3) is 11.1 Å². The molecule has 6 heteroatoms. The molecule has 0 fully saturated rings.